The number of aromatic nitrogens is 2. The molecule has 1 aromatic heterocycles. The zero-order valence-electron chi connectivity index (χ0n) is 12.7. The van der Waals surface area contributed by atoms with Gasteiger partial charge in [-0.25, -0.2) is 0 Å². The lowest BCUT2D eigenvalue weighted by Crippen LogP contribution is -2.04. The molecule has 2 aromatic rings. The molecule has 0 saturated carbocycles. The molecule has 0 saturated heterocycles. The van der Waals surface area contributed by atoms with Crippen molar-refractivity contribution >= 4 is 11.6 Å². The molecule has 1 heterocycles. The first-order valence-electron chi connectivity index (χ1n) is 7.14. The summed E-state index contributed by atoms with van der Waals surface area (Å²) in [6.45, 7) is 5.09. The zero-order valence-corrected chi connectivity index (χ0v) is 13.5. The van der Waals surface area contributed by atoms with Crippen molar-refractivity contribution in [2.24, 2.45) is 7.05 Å². The normalized spacial score (nSPS) is 10.7. The van der Waals surface area contributed by atoms with E-state index in [0.29, 0.717) is 19.1 Å². The van der Waals surface area contributed by atoms with Crippen LogP contribution in [-0.4, -0.2) is 16.4 Å². The topological polar surface area (TPSA) is 36.3 Å². The number of ether oxygens (including phenoxy) is 2. The highest BCUT2D eigenvalue weighted by molar-refractivity contribution is 6.17. The monoisotopic (exact) mass is 308 g/mol. The number of nitrogens with zero attached hydrogens (tertiary/aromatic N) is 2. The van der Waals surface area contributed by atoms with Crippen LogP contribution in [-0.2, 0) is 26.0 Å². The third-order valence-electron chi connectivity index (χ3n) is 3.23. The van der Waals surface area contributed by atoms with Gasteiger partial charge in [0.1, 0.15) is 6.61 Å². The first-order chi connectivity index (χ1) is 10.2. The van der Waals surface area contributed by atoms with Crippen molar-refractivity contribution in [2.45, 2.75) is 32.8 Å². The van der Waals surface area contributed by atoms with E-state index in [2.05, 4.69) is 18.1 Å². The lowest BCUT2D eigenvalue weighted by atomic mass is 10.2. The highest BCUT2D eigenvalue weighted by atomic mass is 35.5. The molecule has 21 heavy (non-hydrogen) atoms. The number of alkyl halides is 1. The average molecular weight is 309 g/mol. The Hall–Kier alpha value is -1.68. The van der Waals surface area contributed by atoms with Crippen LogP contribution in [0.3, 0.4) is 0 Å². The van der Waals surface area contributed by atoms with Crippen LogP contribution in [0.4, 0.5) is 0 Å². The smallest absolute Gasteiger partial charge is 0.161 e. The molecule has 1 aromatic carbocycles. The van der Waals surface area contributed by atoms with E-state index in [-0.39, 0.29) is 0 Å². The van der Waals surface area contributed by atoms with Crippen LogP contribution in [0.2, 0.25) is 0 Å². The summed E-state index contributed by atoms with van der Waals surface area (Å²) < 4.78 is 13.4. The van der Waals surface area contributed by atoms with Gasteiger partial charge in [-0.05, 0) is 37.1 Å². The van der Waals surface area contributed by atoms with Crippen molar-refractivity contribution in [2.75, 3.05) is 6.61 Å². The van der Waals surface area contributed by atoms with Crippen LogP contribution in [0.5, 0.6) is 11.5 Å². The fourth-order valence-corrected chi connectivity index (χ4v) is 2.22. The Kier molecular flexibility index (Phi) is 5.51. The quantitative estimate of drug-likeness (QED) is 0.732. The Labute approximate surface area is 130 Å². The SMILES string of the molecule is CCOc1cc(CCl)ccc1OCc1cc(CC)nn1C. The molecule has 0 amide bonds. The van der Waals surface area contributed by atoms with Crippen LogP contribution >= 0.6 is 11.6 Å². The molecule has 2 rings (SSSR count). The van der Waals surface area contributed by atoms with Gasteiger partial charge in [-0.2, -0.15) is 5.10 Å². The van der Waals surface area contributed by atoms with Gasteiger partial charge in [0.15, 0.2) is 11.5 Å². The van der Waals surface area contributed by atoms with Crippen molar-refractivity contribution in [3.8, 4) is 11.5 Å². The van der Waals surface area contributed by atoms with E-state index in [1.54, 1.807) is 0 Å². The van der Waals surface area contributed by atoms with Crippen molar-refractivity contribution in [1.29, 1.82) is 0 Å². The molecule has 0 atom stereocenters. The third kappa shape index (κ3) is 3.91. The Morgan fingerprint density at radius 1 is 1.14 bits per heavy atom. The lowest BCUT2D eigenvalue weighted by Gasteiger charge is -2.13. The van der Waals surface area contributed by atoms with Crippen LogP contribution in [0.25, 0.3) is 0 Å². The number of aryl methyl sites for hydroxylation is 2. The second-order valence-electron chi connectivity index (χ2n) is 4.74. The number of rotatable bonds is 7. The fraction of sp³-hybridized carbons (Fsp3) is 0.438. The maximum atomic E-state index is 5.88. The molecule has 0 aliphatic heterocycles. The van der Waals surface area contributed by atoms with Gasteiger partial charge in [0.2, 0.25) is 0 Å². The Balaban J connectivity index is 2.13. The molecule has 0 unspecified atom stereocenters. The third-order valence-corrected chi connectivity index (χ3v) is 3.54. The summed E-state index contributed by atoms with van der Waals surface area (Å²) in [5.74, 6) is 1.92. The van der Waals surface area contributed by atoms with Crippen molar-refractivity contribution in [3.05, 3.63) is 41.2 Å². The summed E-state index contributed by atoms with van der Waals surface area (Å²) in [6.07, 6.45) is 0.919. The van der Waals surface area contributed by atoms with Gasteiger partial charge in [-0.15, -0.1) is 11.6 Å². The second-order valence-corrected chi connectivity index (χ2v) is 5.01. The highest BCUT2D eigenvalue weighted by Crippen LogP contribution is 2.29. The Morgan fingerprint density at radius 3 is 2.57 bits per heavy atom. The molecule has 0 aliphatic carbocycles. The van der Waals surface area contributed by atoms with E-state index in [1.807, 2.05) is 36.9 Å². The van der Waals surface area contributed by atoms with Crippen molar-refractivity contribution < 1.29 is 9.47 Å². The first-order valence-corrected chi connectivity index (χ1v) is 7.67. The predicted octanol–water partition coefficient (Wildman–Crippen LogP) is 3.70. The number of hydrogen-bond acceptors (Lipinski definition) is 3. The molecule has 114 valence electrons. The molecular weight excluding hydrogens is 288 g/mol. The number of halogens is 1. The number of hydrogen-bond donors (Lipinski definition) is 0. The van der Waals surface area contributed by atoms with Crippen LogP contribution < -0.4 is 9.47 Å². The van der Waals surface area contributed by atoms with Gasteiger partial charge in [-0.1, -0.05) is 13.0 Å². The minimum absolute atomic E-state index is 0.460. The van der Waals surface area contributed by atoms with E-state index < -0.39 is 0 Å². The van der Waals surface area contributed by atoms with Gasteiger partial charge < -0.3 is 9.47 Å². The van der Waals surface area contributed by atoms with Gasteiger partial charge in [0, 0.05) is 12.9 Å². The average Bonchev–Trinajstić information content (AvgIpc) is 2.86. The van der Waals surface area contributed by atoms with Crippen LogP contribution in [0.1, 0.15) is 30.8 Å². The van der Waals surface area contributed by atoms with Crippen LogP contribution in [0.15, 0.2) is 24.3 Å². The Morgan fingerprint density at radius 2 is 1.95 bits per heavy atom. The van der Waals surface area contributed by atoms with E-state index in [1.165, 1.54) is 0 Å². The fourth-order valence-electron chi connectivity index (χ4n) is 2.05. The molecule has 0 spiro atoms. The summed E-state index contributed by atoms with van der Waals surface area (Å²) in [5, 5.41) is 4.42. The molecule has 0 fully saturated rings. The first kappa shape index (κ1) is 15.7. The molecule has 0 aliphatic rings. The molecule has 0 bridgehead atoms. The minimum atomic E-state index is 0.460. The standard InChI is InChI=1S/C16H21ClN2O2/c1-4-13-9-14(19(3)18-13)11-21-15-7-6-12(10-17)8-16(15)20-5-2/h6-9H,4-5,10-11H2,1-3H3. The summed E-state index contributed by atoms with van der Waals surface area (Å²) >= 11 is 5.86. The number of benzene rings is 1. The molecule has 4 nitrogen and oxygen atoms in total. The van der Waals surface area contributed by atoms with E-state index >= 15 is 0 Å². The molecule has 0 N–H and O–H groups in total. The van der Waals surface area contributed by atoms with Crippen LogP contribution in [0, 0.1) is 0 Å². The second kappa shape index (κ2) is 7.36. The van der Waals surface area contributed by atoms with Gasteiger partial charge in [0.05, 0.1) is 18.0 Å². The highest BCUT2D eigenvalue weighted by Gasteiger charge is 2.09. The maximum absolute atomic E-state index is 5.88. The van der Waals surface area contributed by atoms with E-state index in [9.17, 15) is 0 Å². The summed E-state index contributed by atoms with van der Waals surface area (Å²) in [4.78, 5) is 0. The molecule has 0 radical (unpaired) electrons. The molecule has 5 heteroatoms. The molecular formula is C16H21ClN2O2. The van der Waals surface area contributed by atoms with Gasteiger partial charge >= 0.3 is 0 Å². The minimum Gasteiger partial charge on any atom is -0.490 e. The van der Waals surface area contributed by atoms with Gasteiger partial charge in [0.25, 0.3) is 0 Å². The maximum Gasteiger partial charge on any atom is 0.161 e. The lowest BCUT2D eigenvalue weighted by molar-refractivity contribution is 0.262. The van der Waals surface area contributed by atoms with Crippen molar-refractivity contribution in [3.63, 3.8) is 0 Å². The van der Waals surface area contributed by atoms with Crippen molar-refractivity contribution in [1.82, 2.24) is 9.78 Å². The largest absolute Gasteiger partial charge is 0.490 e. The predicted molar refractivity (Wildman–Crippen MR) is 84.1 cm³/mol. The van der Waals surface area contributed by atoms with E-state index in [4.69, 9.17) is 21.1 Å². The zero-order chi connectivity index (χ0) is 15.2. The Bertz CT molecular complexity index is 596. The van der Waals surface area contributed by atoms with Gasteiger partial charge in [-0.3, -0.25) is 4.68 Å². The summed E-state index contributed by atoms with van der Waals surface area (Å²) in [5.41, 5.74) is 3.12. The summed E-state index contributed by atoms with van der Waals surface area (Å²) in [6, 6.07) is 7.84. The van der Waals surface area contributed by atoms with E-state index in [0.717, 1.165) is 34.9 Å². The summed E-state index contributed by atoms with van der Waals surface area (Å²) in [7, 11) is 1.93.